The number of rotatable bonds is 3. The van der Waals surface area contributed by atoms with Crippen molar-refractivity contribution in [1.82, 2.24) is 4.98 Å². The minimum Gasteiger partial charge on any atom is -0.383 e. The third-order valence-electron chi connectivity index (χ3n) is 1.65. The summed E-state index contributed by atoms with van der Waals surface area (Å²) in [7, 11) is 1.56. The van der Waals surface area contributed by atoms with Crippen molar-refractivity contribution in [2.75, 3.05) is 13.7 Å². The summed E-state index contributed by atoms with van der Waals surface area (Å²) in [5.41, 5.74) is 6.16. The minimum atomic E-state index is -0.310. The van der Waals surface area contributed by atoms with Gasteiger partial charge in [0.1, 0.15) is 5.02 Å². The van der Waals surface area contributed by atoms with Gasteiger partial charge in [-0.3, -0.25) is 4.79 Å². The average Bonchev–Trinajstić information content (AvgIpc) is 2.10. The molecule has 0 radical (unpaired) electrons. The van der Waals surface area contributed by atoms with Crippen LogP contribution in [-0.2, 0) is 4.74 Å². The van der Waals surface area contributed by atoms with Crippen LogP contribution < -0.4 is 11.3 Å². The number of nitrogens with two attached hydrogens (primary N) is 1. The molecule has 1 rings (SSSR count). The fraction of sp³-hybridized carbons (Fsp3) is 0.375. The van der Waals surface area contributed by atoms with Crippen LogP contribution in [0.2, 0.25) is 5.02 Å². The van der Waals surface area contributed by atoms with Gasteiger partial charge in [-0.15, -0.1) is 0 Å². The summed E-state index contributed by atoms with van der Waals surface area (Å²) in [5.74, 6) is 0. The van der Waals surface area contributed by atoms with E-state index in [1.54, 1.807) is 13.2 Å². The van der Waals surface area contributed by atoms with E-state index in [-0.39, 0.29) is 16.6 Å². The molecule has 0 aliphatic carbocycles. The number of hydrogen-bond acceptors (Lipinski definition) is 3. The standard InChI is InChI=1S/C8H11ClN2O2/c1-13-4-7(10)5-2-6(9)8(12)11-3-5/h2-3,7H,4,10H2,1H3,(H,11,12)/t7-/m0/s1. The number of pyridine rings is 1. The number of aromatic amines is 1. The van der Waals surface area contributed by atoms with Crippen molar-refractivity contribution in [1.29, 1.82) is 0 Å². The molecular formula is C8H11ClN2O2. The van der Waals surface area contributed by atoms with Crippen molar-refractivity contribution in [2.45, 2.75) is 6.04 Å². The molecule has 0 unspecified atom stereocenters. The Morgan fingerprint density at radius 1 is 1.77 bits per heavy atom. The highest BCUT2D eigenvalue weighted by molar-refractivity contribution is 6.30. The quantitative estimate of drug-likeness (QED) is 0.757. The van der Waals surface area contributed by atoms with E-state index in [0.717, 1.165) is 5.56 Å². The first-order chi connectivity index (χ1) is 6.15. The molecule has 1 aromatic heterocycles. The normalized spacial score (nSPS) is 12.8. The maximum atomic E-state index is 10.9. The fourth-order valence-corrected chi connectivity index (χ4v) is 1.14. The van der Waals surface area contributed by atoms with Gasteiger partial charge in [-0.1, -0.05) is 11.6 Å². The second kappa shape index (κ2) is 4.41. The van der Waals surface area contributed by atoms with E-state index in [4.69, 9.17) is 22.1 Å². The van der Waals surface area contributed by atoms with Crippen LogP contribution in [0.1, 0.15) is 11.6 Å². The molecular weight excluding hydrogens is 192 g/mol. The average molecular weight is 203 g/mol. The van der Waals surface area contributed by atoms with Crippen molar-refractivity contribution in [2.24, 2.45) is 5.73 Å². The van der Waals surface area contributed by atoms with Crippen LogP contribution in [0, 0.1) is 0 Å². The molecule has 0 fully saturated rings. The van der Waals surface area contributed by atoms with Gasteiger partial charge in [0.15, 0.2) is 0 Å². The third-order valence-corrected chi connectivity index (χ3v) is 1.94. The highest BCUT2D eigenvalue weighted by atomic mass is 35.5. The number of halogens is 1. The molecule has 1 heterocycles. The molecule has 0 aromatic carbocycles. The fourth-order valence-electron chi connectivity index (χ4n) is 0.961. The molecule has 0 spiro atoms. The second-order valence-corrected chi connectivity index (χ2v) is 3.08. The van der Waals surface area contributed by atoms with Gasteiger partial charge in [0.05, 0.1) is 12.6 Å². The number of ether oxygens (including phenoxy) is 1. The molecule has 0 aliphatic rings. The van der Waals surface area contributed by atoms with Crippen molar-refractivity contribution < 1.29 is 4.74 Å². The molecule has 0 saturated heterocycles. The number of H-pyrrole nitrogens is 1. The third kappa shape index (κ3) is 2.55. The monoisotopic (exact) mass is 202 g/mol. The Morgan fingerprint density at radius 3 is 3.00 bits per heavy atom. The van der Waals surface area contributed by atoms with Gasteiger partial charge in [-0.25, -0.2) is 0 Å². The molecule has 0 aliphatic heterocycles. The lowest BCUT2D eigenvalue weighted by Gasteiger charge is -2.09. The molecule has 1 atom stereocenters. The van der Waals surface area contributed by atoms with E-state index in [1.807, 2.05) is 0 Å². The molecule has 0 saturated carbocycles. The predicted molar refractivity (Wildman–Crippen MR) is 50.9 cm³/mol. The Balaban J connectivity index is 2.90. The zero-order chi connectivity index (χ0) is 9.84. The van der Waals surface area contributed by atoms with Crippen LogP contribution >= 0.6 is 11.6 Å². The maximum absolute atomic E-state index is 10.9. The summed E-state index contributed by atoms with van der Waals surface area (Å²) in [6.07, 6.45) is 1.54. The van der Waals surface area contributed by atoms with Crippen LogP contribution in [0.15, 0.2) is 17.1 Å². The van der Waals surface area contributed by atoms with Gasteiger partial charge < -0.3 is 15.5 Å². The summed E-state index contributed by atoms with van der Waals surface area (Å²) < 4.78 is 4.87. The molecule has 0 bridgehead atoms. The summed E-state index contributed by atoms with van der Waals surface area (Å²) >= 11 is 5.62. The SMILES string of the molecule is COC[C@H](N)c1c[nH]c(=O)c(Cl)c1. The molecule has 72 valence electrons. The zero-order valence-corrected chi connectivity index (χ0v) is 7.97. The van der Waals surface area contributed by atoms with Gasteiger partial charge in [0.2, 0.25) is 0 Å². The molecule has 5 heteroatoms. The summed E-state index contributed by atoms with van der Waals surface area (Å²) in [5, 5.41) is 0.143. The van der Waals surface area contributed by atoms with Crippen LogP contribution in [0.3, 0.4) is 0 Å². The molecule has 4 nitrogen and oxygen atoms in total. The van der Waals surface area contributed by atoms with Gasteiger partial charge in [0.25, 0.3) is 5.56 Å². The highest BCUT2D eigenvalue weighted by Gasteiger charge is 2.07. The number of methoxy groups -OCH3 is 1. The van der Waals surface area contributed by atoms with Crippen LogP contribution in [0.5, 0.6) is 0 Å². The molecule has 0 amide bonds. The van der Waals surface area contributed by atoms with Gasteiger partial charge in [-0.05, 0) is 11.6 Å². The van der Waals surface area contributed by atoms with E-state index in [1.165, 1.54) is 6.20 Å². The Morgan fingerprint density at radius 2 is 2.46 bits per heavy atom. The number of hydrogen-bond donors (Lipinski definition) is 2. The lowest BCUT2D eigenvalue weighted by molar-refractivity contribution is 0.181. The van der Waals surface area contributed by atoms with E-state index in [2.05, 4.69) is 4.98 Å². The van der Waals surface area contributed by atoms with Crippen LogP contribution in [0.4, 0.5) is 0 Å². The molecule has 13 heavy (non-hydrogen) atoms. The Hall–Kier alpha value is -0.840. The molecule has 3 N–H and O–H groups in total. The first kappa shape index (κ1) is 10.2. The zero-order valence-electron chi connectivity index (χ0n) is 7.21. The van der Waals surface area contributed by atoms with E-state index < -0.39 is 0 Å². The second-order valence-electron chi connectivity index (χ2n) is 2.67. The molecule has 1 aromatic rings. The first-order valence-corrected chi connectivity index (χ1v) is 4.15. The topological polar surface area (TPSA) is 68.1 Å². The van der Waals surface area contributed by atoms with Crippen molar-refractivity contribution in [3.8, 4) is 0 Å². The number of aromatic nitrogens is 1. The predicted octanol–water partition coefficient (Wildman–Crippen LogP) is 0.675. The lowest BCUT2D eigenvalue weighted by Crippen LogP contribution is -2.18. The first-order valence-electron chi connectivity index (χ1n) is 3.77. The van der Waals surface area contributed by atoms with Crippen molar-refractivity contribution in [3.05, 3.63) is 33.2 Å². The minimum absolute atomic E-state index is 0.143. The highest BCUT2D eigenvalue weighted by Crippen LogP contribution is 2.11. The number of nitrogens with one attached hydrogen (secondary N) is 1. The van der Waals surface area contributed by atoms with Gasteiger partial charge in [-0.2, -0.15) is 0 Å². The van der Waals surface area contributed by atoms with Gasteiger partial charge in [0, 0.05) is 13.3 Å². The summed E-state index contributed by atoms with van der Waals surface area (Å²) in [6.45, 7) is 0.391. The van der Waals surface area contributed by atoms with E-state index in [0.29, 0.717) is 6.61 Å². The largest absolute Gasteiger partial charge is 0.383 e. The lowest BCUT2D eigenvalue weighted by atomic mass is 10.1. The van der Waals surface area contributed by atoms with E-state index >= 15 is 0 Å². The van der Waals surface area contributed by atoms with Crippen LogP contribution in [0.25, 0.3) is 0 Å². The Bertz CT molecular complexity index is 337. The van der Waals surface area contributed by atoms with Crippen molar-refractivity contribution >= 4 is 11.6 Å². The van der Waals surface area contributed by atoms with Crippen molar-refractivity contribution in [3.63, 3.8) is 0 Å². The maximum Gasteiger partial charge on any atom is 0.266 e. The van der Waals surface area contributed by atoms with E-state index in [9.17, 15) is 4.79 Å². The Labute approximate surface area is 80.7 Å². The van der Waals surface area contributed by atoms with Crippen LogP contribution in [-0.4, -0.2) is 18.7 Å². The summed E-state index contributed by atoms with van der Waals surface area (Å²) in [4.78, 5) is 13.4. The Kier molecular flexibility index (Phi) is 3.48. The smallest absolute Gasteiger partial charge is 0.266 e. The van der Waals surface area contributed by atoms with Gasteiger partial charge >= 0.3 is 0 Å². The summed E-state index contributed by atoms with van der Waals surface area (Å²) in [6, 6.07) is 1.28.